The molecule has 0 bridgehead atoms. The van der Waals surface area contributed by atoms with Gasteiger partial charge < -0.3 is 5.32 Å². The van der Waals surface area contributed by atoms with Crippen LogP contribution in [0, 0.1) is 5.82 Å². The lowest BCUT2D eigenvalue weighted by Crippen LogP contribution is -2.30. The number of benzene rings is 1. The molecule has 0 aromatic heterocycles. The van der Waals surface area contributed by atoms with Crippen LogP contribution in [-0.2, 0) is 0 Å². The average Bonchev–Trinajstić information content (AvgIpc) is 2.36. The predicted octanol–water partition coefficient (Wildman–Crippen LogP) is 4.40. The Morgan fingerprint density at radius 3 is 2.72 bits per heavy atom. The van der Waals surface area contributed by atoms with E-state index in [1.54, 1.807) is 12.1 Å². The summed E-state index contributed by atoms with van der Waals surface area (Å²) in [6.45, 7) is 6.53. The first-order chi connectivity index (χ1) is 8.67. The van der Waals surface area contributed by atoms with Gasteiger partial charge >= 0.3 is 0 Å². The summed E-state index contributed by atoms with van der Waals surface area (Å²) in [6.07, 6.45) is 2.14. The third kappa shape index (κ3) is 5.40. The quantitative estimate of drug-likeness (QED) is 0.702. The molecule has 1 nitrogen and oxygen atoms in total. The molecule has 0 aliphatic rings. The lowest BCUT2D eigenvalue weighted by atomic mass is 10.0. The summed E-state index contributed by atoms with van der Waals surface area (Å²) in [5.41, 5.74) is 1.05. The standard InChI is InChI=1S/C15H24FNS/c1-4-15(13-7-6-8-14(16)11-13)17-12(3)9-10-18-5-2/h6-8,11-12,15,17H,4-5,9-10H2,1-3H3. The Kier molecular flexibility index (Phi) is 7.36. The molecular formula is C15H24FNS. The molecule has 0 aliphatic carbocycles. The Balaban J connectivity index is 2.51. The lowest BCUT2D eigenvalue weighted by Gasteiger charge is -2.22. The molecular weight excluding hydrogens is 245 g/mol. The zero-order valence-electron chi connectivity index (χ0n) is 11.6. The van der Waals surface area contributed by atoms with E-state index in [1.807, 2.05) is 17.8 Å². The second-order valence-electron chi connectivity index (χ2n) is 4.57. The van der Waals surface area contributed by atoms with Gasteiger partial charge in [-0.3, -0.25) is 0 Å². The van der Waals surface area contributed by atoms with Crippen molar-refractivity contribution in [2.24, 2.45) is 0 Å². The second kappa shape index (κ2) is 8.54. The highest BCUT2D eigenvalue weighted by atomic mass is 32.2. The van der Waals surface area contributed by atoms with Crippen LogP contribution in [0.2, 0.25) is 0 Å². The van der Waals surface area contributed by atoms with Crippen molar-refractivity contribution in [1.82, 2.24) is 5.32 Å². The summed E-state index contributed by atoms with van der Waals surface area (Å²) >= 11 is 1.97. The van der Waals surface area contributed by atoms with Crippen molar-refractivity contribution in [3.05, 3.63) is 35.6 Å². The molecule has 0 saturated heterocycles. The SMILES string of the molecule is CCSCCC(C)NC(CC)c1cccc(F)c1. The van der Waals surface area contributed by atoms with Gasteiger partial charge in [0.15, 0.2) is 0 Å². The fourth-order valence-electron chi connectivity index (χ4n) is 2.00. The summed E-state index contributed by atoms with van der Waals surface area (Å²) in [6, 6.07) is 7.64. The monoisotopic (exact) mass is 269 g/mol. The molecule has 18 heavy (non-hydrogen) atoms. The van der Waals surface area contributed by atoms with Gasteiger partial charge in [0.25, 0.3) is 0 Å². The smallest absolute Gasteiger partial charge is 0.123 e. The van der Waals surface area contributed by atoms with E-state index < -0.39 is 0 Å². The maximum absolute atomic E-state index is 13.2. The van der Waals surface area contributed by atoms with Gasteiger partial charge in [-0.1, -0.05) is 26.0 Å². The number of hydrogen-bond acceptors (Lipinski definition) is 2. The molecule has 0 spiro atoms. The first-order valence-corrected chi connectivity index (χ1v) is 7.92. The van der Waals surface area contributed by atoms with Gasteiger partial charge in [0.05, 0.1) is 0 Å². The van der Waals surface area contributed by atoms with Gasteiger partial charge in [-0.2, -0.15) is 11.8 Å². The summed E-state index contributed by atoms with van der Waals surface area (Å²) in [4.78, 5) is 0. The Labute approximate surface area is 115 Å². The van der Waals surface area contributed by atoms with Crippen LogP contribution in [0.3, 0.4) is 0 Å². The first-order valence-electron chi connectivity index (χ1n) is 6.76. The zero-order valence-corrected chi connectivity index (χ0v) is 12.4. The molecule has 1 N–H and O–H groups in total. The van der Waals surface area contributed by atoms with E-state index in [-0.39, 0.29) is 11.9 Å². The van der Waals surface area contributed by atoms with Crippen LogP contribution in [0.25, 0.3) is 0 Å². The fourth-order valence-corrected chi connectivity index (χ4v) is 2.81. The molecule has 0 radical (unpaired) electrons. The van der Waals surface area contributed by atoms with Crippen LogP contribution >= 0.6 is 11.8 Å². The Bertz CT molecular complexity index is 343. The van der Waals surface area contributed by atoms with E-state index in [0.717, 1.165) is 18.4 Å². The Hall–Kier alpha value is -0.540. The second-order valence-corrected chi connectivity index (χ2v) is 5.96. The number of halogens is 1. The van der Waals surface area contributed by atoms with Crippen molar-refractivity contribution in [3.63, 3.8) is 0 Å². The lowest BCUT2D eigenvalue weighted by molar-refractivity contribution is 0.437. The van der Waals surface area contributed by atoms with Gasteiger partial charge in [0.1, 0.15) is 5.82 Å². The normalized spacial score (nSPS) is 14.4. The van der Waals surface area contributed by atoms with Gasteiger partial charge in [-0.25, -0.2) is 4.39 Å². The molecule has 2 atom stereocenters. The van der Waals surface area contributed by atoms with E-state index >= 15 is 0 Å². The number of hydrogen-bond donors (Lipinski definition) is 1. The topological polar surface area (TPSA) is 12.0 Å². The molecule has 2 unspecified atom stereocenters. The molecule has 1 aromatic rings. The summed E-state index contributed by atoms with van der Waals surface area (Å²) < 4.78 is 13.2. The first kappa shape index (κ1) is 15.5. The van der Waals surface area contributed by atoms with E-state index in [9.17, 15) is 4.39 Å². The predicted molar refractivity (Wildman–Crippen MR) is 79.6 cm³/mol. The van der Waals surface area contributed by atoms with Crippen molar-refractivity contribution < 1.29 is 4.39 Å². The van der Waals surface area contributed by atoms with Gasteiger partial charge in [-0.05, 0) is 49.0 Å². The van der Waals surface area contributed by atoms with Crippen molar-refractivity contribution in [2.45, 2.75) is 45.7 Å². The summed E-state index contributed by atoms with van der Waals surface area (Å²) in [7, 11) is 0. The third-order valence-corrected chi connectivity index (χ3v) is 3.98. The van der Waals surface area contributed by atoms with Crippen LogP contribution in [0.1, 0.15) is 45.2 Å². The zero-order chi connectivity index (χ0) is 13.4. The molecule has 1 aromatic carbocycles. The Morgan fingerprint density at radius 2 is 2.11 bits per heavy atom. The highest BCUT2D eigenvalue weighted by molar-refractivity contribution is 7.99. The minimum Gasteiger partial charge on any atom is -0.307 e. The van der Waals surface area contributed by atoms with Crippen molar-refractivity contribution in [3.8, 4) is 0 Å². The summed E-state index contributed by atoms with van der Waals surface area (Å²) in [5.74, 6) is 2.21. The summed E-state index contributed by atoms with van der Waals surface area (Å²) in [5, 5.41) is 3.59. The van der Waals surface area contributed by atoms with E-state index in [1.165, 1.54) is 17.6 Å². The van der Waals surface area contributed by atoms with Crippen molar-refractivity contribution in [1.29, 1.82) is 0 Å². The van der Waals surface area contributed by atoms with Gasteiger partial charge in [-0.15, -0.1) is 0 Å². The molecule has 0 aliphatic heterocycles. The molecule has 0 heterocycles. The third-order valence-electron chi connectivity index (χ3n) is 3.04. The molecule has 3 heteroatoms. The minimum atomic E-state index is -0.151. The average molecular weight is 269 g/mol. The highest BCUT2D eigenvalue weighted by Gasteiger charge is 2.12. The minimum absolute atomic E-state index is 0.151. The van der Waals surface area contributed by atoms with Crippen LogP contribution in [-0.4, -0.2) is 17.5 Å². The molecule has 102 valence electrons. The van der Waals surface area contributed by atoms with Crippen LogP contribution in [0.4, 0.5) is 4.39 Å². The van der Waals surface area contributed by atoms with E-state index in [2.05, 4.69) is 26.1 Å². The molecule has 1 rings (SSSR count). The number of nitrogens with one attached hydrogen (secondary N) is 1. The maximum Gasteiger partial charge on any atom is 0.123 e. The van der Waals surface area contributed by atoms with Crippen LogP contribution in [0.15, 0.2) is 24.3 Å². The largest absolute Gasteiger partial charge is 0.307 e. The molecule has 0 amide bonds. The number of thioether (sulfide) groups is 1. The van der Waals surface area contributed by atoms with Crippen molar-refractivity contribution >= 4 is 11.8 Å². The van der Waals surface area contributed by atoms with Crippen LogP contribution in [0.5, 0.6) is 0 Å². The molecule has 0 fully saturated rings. The number of rotatable bonds is 8. The highest BCUT2D eigenvalue weighted by Crippen LogP contribution is 2.19. The van der Waals surface area contributed by atoms with Crippen molar-refractivity contribution in [2.75, 3.05) is 11.5 Å². The van der Waals surface area contributed by atoms with Gasteiger partial charge in [0, 0.05) is 12.1 Å². The van der Waals surface area contributed by atoms with E-state index in [4.69, 9.17) is 0 Å². The maximum atomic E-state index is 13.2. The van der Waals surface area contributed by atoms with Crippen LogP contribution < -0.4 is 5.32 Å². The van der Waals surface area contributed by atoms with Gasteiger partial charge in [0.2, 0.25) is 0 Å². The fraction of sp³-hybridized carbons (Fsp3) is 0.600. The van der Waals surface area contributed by atoms with E-state index in [0.29, 0.717) is 6.04 Å². The molecule has 0 saturated carbocycles. The Morgan fingerprint density at radius 1 is 1.33 bits per heavy atom.